The van der Waals surface area contributed by atoms with Crippen molar-refractivity contribution in [2.24, 2.45) is 23.7 Å². The lowest BCUT2D eigenvalue weighted by Crippen LogP contribution is -2.26. The first-order chi connectivity index (χ1) is 18.9. The first-order valence-corrected chi connectivity index (χ1v) is 15.2. The Morgan fingerprint density at radius 1 is 0.692 bits per heavy atom. The number of ether oxygens (including phenoxy) is 1. The van der Waals surface area contributed by atoms with E-state index in [9.17, 15) is 17.6 Å². The van der Waals surface area contributed by atoms with Crippen molar-refractivity contribution in [3.05, 3.63) is 65.4 Å². The standard InChI is InChI=1S/C34H44F4O/c1-3-5-6-7-23-8-13-25(14-9-23)26-15-10-24(11-16-26)12-17-27-18-19-28(32(36)31(27)35)29-20-21-30(39-22-4-2)34(38)33(29)37/h4,18-26H,3,5-17H2,1-2H3. The minimum atomic E-state index is -1.26. The van der Waals surface area contributed by atoms with Crippen LogP contribution in [0, 0.1) is 46.9 Å². The normalized spacial score (nSPS) is 23.8. The van der Waals surface area contributed by atoms with Gasteiger partial charge in [-0.15, -0.1) is 0 Å². The molecule has 2 aliphatic carbocycles. The third-order valence-corrected chi connectivity index (χ3v) is 9.32. The zero-order valence-corrected chi connectivity index (χ0v) is 23.6. The molecule has 2 aromatic carbocycles. The van der Waals surface area contributed by atoms with Gasteiger partial charge in [0.25, 0.3) is 0 Å². The van der Waals surface area contributed by atoms with Crippen LogP contribution in [0.1, 0.15) is 103 Å². The van der Waals surface area contributed by atoms with Gasteiger partial charge in [0.05, 0.1) is 6.26 Å². The zero-order chi connectivity index (χ0) is 27.8. The van der Waals surface area contributed by atoms with E-state index in [-0.39, 0.29) is 16.9 Å². The maximum atomic E-state index is 15.0. The molecule has 0 N–H and O–H groups in total. The fourth-order valence-corrected chi connectivity index (χ4v) is 6.90. The largest absolute Gasteiger partial charge is 0.462 e. The molecule has 39 heavy (non-hydrogen) atoms. The molecule has 4 rings (SSSR count). The second-order valence-corrected chi connectivity index (χ2v) is 11.8. The third kappa shape index (κ3) is 7.46. The van der Waals surface area contributed by atoms with E-state index >= 15 is 0 Å². The van der Waals surface area contributed by atoms with Gasteiger partial charge >= 0.3 is 0 Å². The summed E-state index contributed by atoms with van der Waals surface area (Å²) in [7, 11) is 0. The monoisotopic (exact) mass is 544 g/mol. The van der Waals surface area contributed by atoms with Crippen LogP contribution in [0.4, 0.5) is 17.6 Å². The van der Waals surface area contributed by atoms with Crippen LogP contribution in [0.3, 0.4) is 0 Å². The molecule has 2 saturated carbocycles. The molecule has 214 valence electrons. The molecule has 0 atom stereocenters. The Kier molecular flexibility index (Phi) is 10.9. The van der Waals surface area contributed by atoms with Crippen molar-refractivity contribution >= 4 is 0 Å². The highest BCUT2D eigenvalue weighted by molar-refractivity contribution is 5.66. The Morgan fingerprint density at radius 2 is 1.26 bits per heavy atom. The smallest absolute Gasteiger partial charge is 0.201 e. The highest BCUT2D eigenvalue weighted by atomic mass is 19.2. The number of halogens is 4. The van der Waals surface area contributed by atoms with E-state index in [0.717, 1.165) is 37.0 Å². The molecule has 2 aliphatic rings. The predicted molar refractivity (Wildman–Crippen MR) is 151 cm³/mol. The average Bonchev–Trinajstić information content (AvgIpc) is 2.96. The molecule has 5 heteroatoms. The van der Waals surface area contributed by atoms with Crippen molar-refractivity contribution < 1.29 is 22.3 Å². The van der Waals surface area contributed by atoms with Crippen molar-refractivity contribution in [2.45, 2.75) is 104 Å². The van der Waals surface area contributed by atoms with Crippen LogP contribution in [-0.4, -0.2) is 0 Å². The number of benzene rings is 2. The molecular formula is C34H44F4O. The SMILES string of the molecule is CC=COc1ccc(-c2ccc(CCC3CCC(C4CCC(CCCCC)CC4)CC3)c(F)c2F)c(F)c1F. The van der Waals surface area contributed by atoms with Gasteiger partial charge in [-0.1, -0.05) is 76.5 Å². The number of hydrogen-bond donors (Lipinski definition) is 0. The molecule has 1 nitrogen and oxygen atoms in total. The van der Waals surface area contributed by atoms with Crippen LogP contribution < -0.4 is 4.74 Å². The Labute approximate surface area is 232 Å². The van der Waals surface area contributed by atoms with Crippen molar-refractivity contribution in [1.82, 2.24) is 0 Å². The molecule has 0 radical (unpaired) electrons. The van der Waals surface area contributed by atoms with Crippen LogP contribution in [0.25, 0.3) is 11.1 Å². The lowest BCUT2D eigenvalue weighted by Gasteiger charge is -2.38. The van der Waals surface area contributed by atoms with Gasteiger partial charge in [0.15, 0.2) is 23.2 Å². The summed E-state index contributed by atoms with van der Waals surface area (Å²) < 4.78 is 64.0. The van der Waals surface area contributed by atoms with Gasteiger partial charge < -0.3 is 4.74 Å². The third-order valence-electron chi connectivity index (χ3n) is 9.32. The highest BCUT2D eigenvalue weighted by Crippen LogP contribution is 2.43. The van der Waals surface area contributed by atoms with Gasteiger partial charge in [-0.3, -0.25) is 0 Å². The first kappa shape index (κ1) is 29.7. The molecule has 0 aromatic heterocycles. The van der Waals surface area contributed by atoms with Gasteiger partial charge in [-0.2, -0.15) is 4.39 Å². The van der Waals surface area contributed by atoms with Crippen molar-refractivity contribution in [2.75, 3.05) is 0 Å². The summed E-state index contributed by atoms with van der Waals surface area (Å²) in [6.07, 6.45) is 19.9. The van der Waals surface area contributed by atoms with E-state index in [1.165, 1.54) is 101 Å². The van der Waals surface area contributed by atoms with E-state index in [4.69, 9.17) is 4.74 Å². The van der Waals surface area contributed by atoms with Gasteiger partial charge in [0, 0.05) is 11.1 Å². The van der Waals surface area contributed by atoms with Crippen molar-refractivity contribution in [1.29, 1.82) is 0 Å². The van der Waals surface area contributed by atoms with Crippen LogP contribution >= 0.6 is 0 Å². The maximum Gasteiger partial charge on any atom is 0.201 e. The summed E-state index contributed by atoms with van der Waals surface area (Å²) in [6, 6.07) is 5.30. The minimum absolute atomic E-state index is 0.286. The number of rotatable bonds is 11. The molecule has 0 heterocycles. The maximum absolute atomic E-state index is 15.0. The summed E-state index contributed by atoms with van der Waals surface area (Å²) in [4.78, 5) is 0. The van der Waals surface area contributed by atoms with Crippen molar-refractivity contribution in [3.8, 4) is 16.9 Å². The molecule has 0 spiro atoms. The molecule has 2 aromatic rings. The summed E-state index contributed by atoms with van der Waals surface area (Å²) in [5, 5.41) is 0. The number of aryl methyl sites for hydroxylation is 1. The number of allylic oxidation sites excluding steroid dienone is 1. The van der Waals surface area contributed by atoms with Crippen LogP contribution in [0.5, 0.6) is 5.75 Å². The second-order valence-electron chi connectivity index (χ2n) is 11.8. The lowest BCUT2D eigenvalue weighted by atomic mass is 9.68. The summed E-state index contributed by atoms with van der Waals surface area (Å²) in [6.45, 7) is 3.95. The highest BCUT2D eigenvalue weighted by Gasteiger charge is 2.31. The molecule has 0 amide bonds. The average molecular weight is 545 g/mol. The predicted octanol–water partition coefficient (Wildman–Crippen LogP) is 10.9. The van der Waals surface area contributed by atoms with Gasteiger partial charge in [0.1, 0.15) is 0 Å². The van der Waals surface area contributed by atoms with E-state index < -0.39 is 23.3 Å². The molecular weight excluding hydrogens is 500 g/mol. The Bertz CT molecular complexity index is 1090. The fourth-order valence-electron chi connectivity index (χ4n) is 6.90. The minimum Gasteiger partial charge on any atom is -0.462 e. The summed E-state index contributed by atoms with van der Waals surface area (Å²) in [5.41, 5.74) is -0.309. The second kappa shape index (κ2) is 14.4. The van der Waals surface area contributed by atoms with E-state index in [1.54, 1.807) is 6.92 Å². The van der Waals surface area contributed by atoms with Crippen LogP contribution in [-0.2, 0) is 6.42 Å². The van der Waals surface area contributed by atoms with Gasteiger partial charge in [0.2, 0.25) is 5.82 Å². The van der Waals surface area contributed by atoms with E-state index in [0.29, 0.717) is 17.9 Å². The lowest BCUT2D eigenvalue weighted by molar-refractivity contribution is 0.140. The summed E-state index contributed by atoms with van der Waals surface area (Å²) in [5.74, 6) is -1.72. The topological polar surface area (TPSA) is 9.23 Å². The molecule has 0 saturated heterocycles. The Hall–Kier alpha value is -2.30. The van der Waals surface area contributed by atoms with Gasteiger partial charge in [-0.25, -0.2) is 13.2 Å². The Morgan fingerprint density at radius 3 is 1.85 bits per heavy atom. The van der Waals surface area contributed by atoms with Crippen LogP contribution in [0.15, 0.2) is 36.6 Å². The zero-order valence-electron chi connectivity index (χ0n) is 23.6. The Balaban J connectivity index is 1.28. The molecule has 2 fully saturated rings. The van der Waals surface area contributed by atoms with Gasteiger partial charge in [-0.05, 0) is 86.8 Å². The van der Waals surface area contributed by atoms with E-state index in [1.807, 2.05) is 0 Å². The molecule has 0 unspecified atom stereocenters. The molecule has 0 aliphatic heterocycles. The quantitative estimate of drug-likeness (QED) is 0.155. The molecule has 0 bridgehead atoms. The number of unbranched alkanes of at least 4 members (excludes halogenated alkanes) is 2. The fraction of sp³-hybridized carbons (Fsp3) is 0.588. The first-order valence-electron chi connectivity index (χ1n) is 15.2. The van der Waals surface area contributed by atoms with Crippen LogP contribution in [0.2, 0.25) is 0 Å². The number of hydrogen-bond acceptors (Lipinski definition) is 1. The summed E-state index contributed by atoms with van der Waals surface area (Å²) >= 11 is 0. The van der Waals surface area contributed by atoms with E-state index in [2.05, 4.69) is 6.92 Å². The van der Waals surface area contributed by atoms with Crippen molar-refractivity contribution in [3.63, 3.8) is 0 Å².